The molecule has 2 fully saturated rings. The summed E-state index contributed by atoms with van der Waals surface area (Å²) >= 11 is 0. The van der Waals surface area contributed by atoms with Gasteiger partial charge in [-0.2, -0.15) is 0 Å². The molecule has 5 nitrogen and oxygen atoms in total. The van der Waals surface area contributed by atoms with Crippen molar-refractivity contribution in [2.24, 2.45) is 5.92 Å². The Kier molecular flexibility index (Phi) is 3.73. The van der Waals surface area contributed by atoms with E-state index in [9.17, 15) is 14.7 Å². The largest absolute Gasteiger partial charge is 0.479 e. The van der Waals surface area contributed by atoms with Gasteiger partial charge in [0.25, 0.3) is 0 Å². The van der Waals surface area contributed by atoms with Gasteiger partial charge in [-0.05, 0) is 58.8 Å². The van der Waals surface area contributed by atoms with Crippen LogP contribution in [0.5, 0.6) is 0 Å². The van der Waals surface area contributed by atoms with E-state index in [1.807, 2.05) is 6.92 Å². The van der Waals surface area contributed by atoms with Crippen molar-refractivity contribution in [2.75, 3.05) is 0 Å². The zero-order chi connectivity index (χ0) is 15.1. The summed E-state index contributed by atoms with van der Waals surface area (Å²) in [6.45, 7) is 7.47. The molecule has 0 aromatic heterocycles. The molecule has 20 heavy (non-hydrogen) atoms. The molecule has 2 saturated carbocycles. The van der Waals surface area contributed by atoms with Crippen LogP contribution in [0.25, 0.3) is 0 Å². The lowest BCUT2D eigenvalue weighted by molar-refractivity contribution is -0.151. The topological polar surface area (TPSA) is 66.8 Å². The van der Waals surface area contributed by atoms with Gasteiger partial charge in [0, 0.05) is 6.04 Å². The number of ether oxygens (including phenoxy) is 1. The molecule has 0 saturated heterocycles. The van der Waals surface area contributed by atoms with Crippen molar-refractivity contribution in [3.05, 3.63) is 0 Å². The van der Waals surface area contributed by atoms with Crippen LogP contribution in [-0.4, -0.2) is 39.3 Å². The Labute approximate surface area is 120 Å². The lowest BCUT2D eigenvalue weighted by Crippen LogP contribution is -2.57. The van der Waals surface area contributed by atoms with Gasteiger partial charge in [0.1, 0.15) is 11.1 Å². The zero-order valence-electron chi connectivity index (χ0n) is 12.8. The second kappa shape index (κ2) is 4.93. The fourth-order valence-corrected chi connectivity index (χ4v) is 3.10. The molecular formula is C15H25NO4. The summed E-state index contributed by atoms with van der Waals surface area (Å²) < 4.78 is 5.45. The Balaban J connectivity index is 2.27. The number of hydrogen-bond donors (Lipinski definition) is 1. The quantitative estimate of drug-likeness (QED) is 0.864. The van der Waals surface area contributed by atoms with Crippen molar-refractivity contribution < 1.29 is 19.4 Å². The normalized spacial score (nSPS) is 30.1. The first-order valence-electron chi connectivity index (χ1n) is 7.41. The van der Waals surface area contributed by atoms with E-state index < -0.39 is 23.2 Å². The third-order valence-corrected chi connectivity index (χ3v) is 4.10. The molecule has 2 rings (SSSR count). The third-order valence-electron chi connectivity index (χ3n) is 4.10. The number of carbonyl (C=O) groups excluding carboxylic acids is 1. The number of rotatable bonds is 3. The second-order valence-corrected chi connectivity index (χ2v) is 7.27. The Morgan fingerprint density at radius 2 is 1.85 bits per heavy atom. The maximum Gasteiger partial charge on any atom is 0.411 e. The number of nitrogens with zero attached hydrogens (tertiary/aromatic N) is 1. The Hall–Kier alpha value is -1.26. The summed E-state index contributed by atoms with van der Waals surface area (Å²) in [6, 6.07) is 0.0336. The Morgan fingerprint density at radius 3 is 2.20 bits per heavy atom. The first-order chi connectivity index (χ1) is 9.16. The van der Waals surface area contributed by atoms with Crippen molar-refractivity contribution in [1.82, 2.24) is 4.90 Å². The van der Waals surface area contributed by atoms with Crippen LogP contribution in [0.4, 0.5) is 4.79 Å². The van der Waals surface area contributed by atoms with Crippen LogP contribution in [0.2, 0.25) is 0 Å². The molecule has 0 radical (unpaired) electrons. The van der Waals surface area contributed by atoms with E-state index in [0.29, 0.717) is 18.8 Å². The van der Waals surface area contributed by atoms with E-state index in [2.05, 4.69) is 0 Å². The fraction of sp³-hybridized carbons (Fsp3) is 0.867. The summed E-state index contributed by atoms with van der Waals surface area (Å²) in [4.78, 5) is 25.9. The maximum absolute atomic E-state index is 12.5. The highest BCUT2D eigenvalue weighted by atomic mass is 16.6. The SMILES string of the molecule is CC1CCC(C(=O)O)(N(C(=O)OC(C)(C)C)C2CC2)C1. The highest BCUT2D eigenvalue weighted by molar-refractivity contribution is 5.85. The number of carboxylic acids is 1. The van der Waals surface area contributed by atoms with Gasteiger partial charge in [-0.3, -0.25) is 4.90 Å². The van der Waals surface area contributed by atoms with Crippen LogP contribution >= 0.6 is 0 Å². The van der Waals surface area contributed by atoms with Gasteiger partial charge in [-0.25, -0.2) is 9.59 Å². The van der Waals surface area contributed by atoms with Crippen LogP contribution in [0.15, 0.2) is 0 Å². The monoisotopic (exact) mass is 283 g/mol. The summed E-state index contributed by atoms with van der Waals surface area (Å²) in [7, 11) is 0. The molecule has 0 aromatic rings. The molecular weight excluding hydrogens is 258 g/mol. The molecule has 0 spiro atoms. The summed E-state index contributed by atoms with van der Waals surface area (Å²) in [5, 5.41) is 9.73. The van der Waals surface area contributed by atoms with E-state index >= 15 is 0 Å². The van der Waals surface area contributed by atoms with Gasteiger partial charge in [-0.1, -0.05) is 6.92 Å². The average molecular weight is 283 g/mol. The van der Waals surface area contributed by atoms with E-state index in [-0.39, 0.29) is 6.04 Å². The minimum atomic E-state index is -1.07. The van der Waals surface area contributed by atoms with Crippen LogP contribution in [0, 0.1) is 5.92 Å². The first kappa shape index (κ1) is 15.1. The second-order valence-electron chi connectivity index (χ2n) is 7.27. The zero-order valence-corrected chi connectivity index (χ0v) is 12.8. The number of hydrogen-bond acceptors (Lipinski definition) is 3. The number of amides is 1. The molecule has 1 N–H and O–H groups in total. The van der Waals surface area contributed by atoms with Crippen molar-refractivity contribution in [1.29, 1.82) is 0 Å². The molecule has 2 aliphatic carbocycles. The molecule has 0 aliphatic heterocycles. The molecule has 114 valence electrons. The molecule has 0 aromatic carbocycles. The Morgan fingerprint density at radius 1 is 1.25 bits per heavy atom. The highest BCUT2D eigenvalue weighted by Gasteiger charge is 2.56. The van der Waals surface area contributed by atoms with E-state index in [1.54, 1.807) is 20.8 Å². The van der Waals surface area contributed by atoms with Gasteiger partial charge in [0.2, 0.25) is 0 Å². The number of carbonyl (C=O) groups is 2. The van der Waals surface area contributed by atoms with Crippen molar-refractivity contribution in [3.8, 4) is 0 Å². The van der Waals surface area contributed by atoms with Crippen LogP contribution in [-0.2, 0) is 9.53 Å². The molecule has 0 bridgehead atoms. The highest BCUT2D eigenvalue weighted by Crippen LogP contribution is 2.45. The summed E-state index contributed by atoms with van der Waals surface area (Å²) in [6.07, 6.45) is 3.18. The first-order valence-corrected chi connectivity index (χ1v) is 7.41. The Bertz CT molecular complexity index is 411. The van der Waals surface area contributed by atoms with Gasteiger partial charge < -0.3 is 9.84 Å². The number of carboxylic acid groups (broad SMARTS) is 1. The van der Waals surface area contributed by atoms with Gasteiger partial charge >= 0.3 is 12.1 Å². The predicted molar refractivity (Wildman–Crippen MR) is 74.5 cm³/mol. The summed E-state index contributed by atoms with van der Waals surface area (Å²) in [5.74, 6) is -0.561. The van der Waals surface area contributed by atoms with E-state index in [4.69, 9.17) is 4.74 Å². The van der Waals surface area contributed by atoms with Gasteiger partial charge in [0.05, 0.1) is 0 Å². The summed E-state index contributed by atoms with van der Waals surface area (Å²) in [5.41, 5.74) is -1.67. The molecule has 2 aliphatic rings. The average Bonchev–Trinajstić information content (AvgIpc) is 3.00. The predicted octanol–water partition coefficient (Wildman–Crippen LogP) is 3.03. The van der Waals surface area contributed by atoms with Gasteiger partial charge in [-0.15, -0.1) is 0 Å². The van der Waals surface area contributed by atoms with Crippen molar-refractivity contribution >= 4 is 12.1 Å². The van der Waals surface area contributed by atoms with Crippen LogP contribution < -0.4 is 0 Å². The van der Waals surface area contributed by atoms with Crippen LogP contribution in [0.3, 0.4) is 0 Å². The lowest BCUT2D eigenvalue weighted by atomic mass is 9.94. The molecule has 5 heteroatoms. The molecule has 2 atom stereocenters. The molecule has 0 heterocycles. The van der Waals surface area contributed by atoms with Crippen molar-refractivity contribution in [2.45, 2.75) is 77.0 Å². The van der Waals surface area contributed by atoms with Crippen molar-refractivity contribution in [3.63, 3.8) is 0 Å². The smallest absolute Gasteiger partial charge is 0.411 e. The fourth-order valence-electron chi connectivity index (χ4n) is 3.10. The van der Waals surface area contributed by atoms with Gasteiger partial charge in [0.15, 0.2) is 0 Å². The standard InChI is InChI=1S/C15H25NO4/c1-10-7-8-15(9-10,12(17)18)16(11-5-6-11)13(19)20-14(2,3)4/h10-11H,5-9H2,1-4H3,(H,17,18). The minimum absolute atomic E-state index is 0.0336. The van der Waals surface area contributed by atoms with E-state index in [0.717, 1.165) is 19.3 Å². The third kappa shape index (κ3) is 2.91. The van der Waals surface area contributed by atoms with Crippen LogP contribution in [0.1, 0.15) is 59.8 Å². The van der Waals surface area contributed by atoms with E-state index in [1.165, 1.54) is 4.90 Å². The minimum Gasteiger partial charge on any atom is -0.479 e. The number of aliphatic carboxylic acids is 1. The molecule has 1 amide bonds. The maximum atomic E-state index is 12.5. The lowest BCUT2D eigenvalue weighted by Gasteiger charge is -2.39. The molecule has 2 unspecified atom stereocenters.